The minimum Gasteiger partial charge on any atom is -0.463 e. The number of ether oxygens (including phenoxy) is 1. The van der Waals surface area contributed by atoms with Gasteiger partial charge in [-0.15, -0.1) is 0 Å². The molecule has 0 saturated carbocycles. The number of benzene rings is 1. The van der Waals surface area contributed by atoms with Crippen LogP contribution in [-0.2, 0) is 15.7 Å². The number of halogens is 3. The lowest BCUT2D eigenvalue weighted by Crippen LogP contribution is -2.46. The number of alkyl halides is 3. The molecule has 1 unspecified atom stereocenters. The van der Waals surface area contributed by atoms with Crippen molar-refractivity contribution in [2.45, 2.75) is 45.7 Å². The van der Waals surface area contributed by atoms with Gasteiger partial charge in [-0.25, -0.2) is 9.78 Å². The largest absolute Gasteiger partial charge is 0.463 e. The van der Waals surface area contributed by atoms with Crippen LogP contribution in [0.4, 0.5) is 24.7 Å². The smallest absolute Gasteiger partial charge is 0.416 e. The molecule has 0 radical (unpaired) electrons. The fourth-order valence-electron chi connectivity index (χ4n) is 5.29. The van der Waals surface area contributed by atoms with E-state index in [-0.39, 0.29) is 11.9 Å². The summed E-state index contributed by atoms with van der Waals surface area (Å²) in [5.41, 5.74) is 3.05. The Hall–Kier alpha value is -3.33. The average Bonchev–Trinajstić information content (AvgIpc) is 2.95. The molecule has 2 heterocycles. The third kappa shape index (κ3) is 8.10. The van der Waals surface area contributed by atoms with E-state index in [4.69, 9.17) is 4.74 Å². The first-order chi connectivity index (χ1) is 19.2. The third-order valence-electron chi connectivity index (χ3n) is 7.52. The van der Waals surface area contributed by atoms with Gasteiger partial charge in [0, 0.05) is 50.2 Å². The molecule has 40 heavy (non-hydrogen) atoms. The molecule has 0 amide bonds. The molecule has 0 spiro atoms. The molecule has 216 valence electrons. The summed E-state index contributed by atoms with van der Waals surface area (Å²) in [5, 5.41) is 3.43. The fraction of sp³-hybridized carbons (Fsp3) is 0.484. The normalized spacial score (nSPS) is 18.2. The minimum absolute atomic E-state index is 0.214. The molecule has 0 bridgehead atoms. The van der Waals surface area contributed by atoms with Crippen molar-refractivity contribution in [3.05, 3.63) is 71.4 Å². The van der Waals surface area contributed by atoms with Crippen molar-refractivity contribution < 1.29 is 22.7 Å². The van der Waals surface area contributed by atoms with Crippen LogP contribution in [0.3, 0.4) is 0 Å². The number of esters is 1. The number of nitrogens with zero attached hydrogens (tertiary/aromatic N) is 3. The highest BCUT2D eigenvalue weighted by molar-refractivity contribution is 5.91. The third-order valence-corrected chi connectivity index (χ3v) is 7.52. The van der Waals surface area contributed by atoms with Crippen LogP contribution in [0.5, 0.6) is 0 Å². The molecule has 1 aliphatic carbocycles. The maximum atomic E-state index is 13.0. The first kappa shape index (κ1) is 29.6. The number of hydrogen-bond donors (Lipinski definition) is 1. The van der Waals surface area contributed by atoms with Crippen LogP contribution in [0.1, 0.15) is 50.7 Å². The summed E-state index contributed by atoms with van der Waals surface area (Å²) in [5.74, 6) is 0.821. The molecule has 1 aliphatic heterocycles. The Morgan fingerprint density at radius 2 is 1.88 bits per heavy atom. The minimum atomic E-state index is -4.31. The summed E-state index contributed by atoms with van der Waals surface area (Å²) >= 11 is 0. The summed E-state index contributed by atoms with van der Waals surface area (Å²) in [4.78, 5) is 20.9. The van der Waals surface area contributed by atoms with E-state index in [0.717, 1.165) is 76.0 Å². The molecule has 1 N–H and O–H groups in total. The summed E-state index contributed by atoms with van der Waals surface area (Å²) in [6, 6.07) is 9.68. The van der Waals surface area contributed by atoms with Gasteiger partial charge >= 0.3 is 12.1 Å². The topological polar surface area (TPSA) is 57.7 Å². The van der Waals surface area contributed by atoms with Crippen LogP contribution in [-0.4, -0.2) is 61.7 Å². The van der Waals surface area contributed by atoms with Crippen molar-refractivity contribution in [1.29, 1.82) is 0 Å². The SMILES string of the molecule is CCOC(=O)C1=CC=C(c2ccnc(NCCCCCN3CCN(c4cccc(C(F)(F)F)c4)CC3)c2)C(C)C1. The van der Waals surface area contributed by atoms with Gasteiger partial charge in [-0.05, 0) is 80.1 Å². The monoisotopic (exact) mass is 556 g/mol. The number of piperazine rings is 1. The lowest BCUT2D eigenvalue weighted by Gasteiger charge is -2.36. The maximum absolute atomic E-state index is 13.0. The van der Waals surface area contributed by atoms with Crippen LogP contribution in [0.25, 0.3) is 5.57 Å². The molecule has 1 atom stereocenters. The van der Waals surface area contributed by atoms with Gasteiger partial charge in [-0.1, -0.05) is 31.6 Å². The number of nitrogens with one attached hydrogen (secondary N) is 1. The molecule has 1 fully saturated rings. The van der Waals surface area contributed by atoms with Crippen molar-refractivity contribution in [2.75, 3.05) is 56.1 Å². The molecular weight excluding hydrogens is 517 g/mol. The van der Waals surface area contributed by atoms with Gasteiger partial charge in [0.2, 0.25) is 0 Å². The number of hydrogen-bond acceptors (Lipinski definition) is 6. The van der Waals surface area contributed by atoms with E-state index in [1.165, 1.54) is 17.7 Å². The molecule has 2 aromatic rings. The number of rotatable bonds is 11. The zero-order chi connectivity index (χ0) is 28.5. The Morgan fingerprint density at radius 3 is 2.60 bits per heavy atom. The lowest BCUT2D eigenvalue weighted by molar-refractivity contribution is -0.139. The standard InChI is InChI=1S/C31H39F3N4O2/c1-3-40-30(39)25-10-11-28(23(2)20-25)24-12-14-36-29(21-24)35-13-5-4-6-15-37-16-18-38(19-17-37)27-9-7-8-26(22-27)31(32,33)34/h7-12,14,21-23H,3-6,13,15-20H2,1-2H3,(H,35,36). The molecule has 9 heteroatoms. The Labute approximate surface area is 234 Å². The Bertz CT molecular complexity index is 1200. The quantitative estimate of drug-likeness (QED) is 0.255. The van der Waals surface area contributed by atoms with Gasteiger partial charge in [0.1, 0.15) is 5.82 Å². The molecule has 2 aliphatic rings. The Balaban J connectivity index is 1.16. The van der Waals surface area contributed by atoms with Crippen molar-refractivity contribution in [1.82, 2.24) is 9.88 Å². The van der Waals surface area contributed by atoms with Gasteiger partial charge in [0.15, 0.2) is 0 Å². The second-order valence-electron chi connectivity index (χ2n) is 10.4. The van der Waals surface area contributed by atoms with Gasteiger partial charge in [0.05, 0.1) is 12.2 Å². The number of pyridine rings is 1. The van der Waals surface area contributed by atoms with Crippen molar-refractivity contribution in [3.8, 4) is 0 Å². The van der Waals surface area contributed by atoms with Crippen LogP contribution >= 0.6 is 0 Å². The van der Waals surface area contributed by atoms with E-state index >= 15 is 0 Å². The van der Waals surface area contributed by atoms with Crippen molar-refractivity contribution in [2.24, 2.45) is 5.92 Å². The van der Waals surface area contributed by atoms with Gasteiger partial charge < -0.3 is 15.0 Å². The highest BCUT2D eigenvalue weighted by Crippen LogP contribution is 2.34. The summed E-state index contributed by atoms with van der Waals surface area (Å²) in [6.07, 6.45) is 5.24. The molecule has 1 aromatic carbocycles. The van der Waals surface area contributed by atoms with Crippen LogP contribution in [0.15, 0.2) is 60.3 Å². The van der Waals surface area contributed by atoms with E-state index in [1.807, 2.05) is 36.2 Å². The van der Waals surface area contributed by atoms with Gasteiger partial charge in [0.25, 0.3) is 0 Å². The van der Waals surface area contributed by atoms with Crippen LogP contribution in [0.2, 0.25) is 0 Å². The average molecular weight is 557 g/mol. The molecular formula is C31H39F3N4O2. The number of anilines is 2. The van der Waals surface area contributed by atoms with Gasteiger partial charge in [-0.3, -0.25) is 4.90 Å². The van der Waals surface area contributed by atoms with Gasteiger partial charge in [-0.2, -0.15) is 13.2 Å². The van der Waals surface area contributed by atoms with Crippen molar-refractivity contribution in [3.63, 3.8) is 0 Å². The second kappa shape index (κ2) is 13.8. The fourth-order valence-corrected chi connectivity index (χ4v) is 5.29. The predicted octanol–water partition coefficient (Wildman–Crippen LogP) is 6.42. The first-order valence-electron chi connectivity index (χ1n) is 14.2. The number of carbonyl (C=O) groups is 1. The van der Waals surface area contributed by atoms with E-state index in [9.17, 15) is 18.0 Å². The van der Waals surface area contributed by atoms with E-state index in [2.05, 4.69) is 28.2 Å². The van der Waals surface area contributed by atoms with Crippen molar-refractivity contribution >= 4 is 23.0 Å². The zero-order valence-corrected chi connectivity index (χ0v) is 23.3. The number of carbonyl (C=O) groups excluding carboxylic acids is 1. The highest BCUT2D eigenvalue weighted by Gasteiger charge is 2.31. The predicted molar refractivity (Wildman–Crippen MR) is 153 cm³/mol. The van der Waals surface area contributed by atoms with E-state index in [1.54, 1.807) is 6.07 Å². The van der Waals surface area contributed by atoms with Crippen LogP contribution < -0.4 is 10.2 Å². The second-order valence-corrected chi connectivity index (χ2v) is 10.4. The summed E-state index contributed by atoms with van der Waals surface area (Å²) in [6.45, 7) is 9.33. The van der Waals surface area contributed by atoms with E-state index in [0.29, 0.717) is 24.3 Å². The zero-order valence-electron chi connectivity index (χ0n) is 23.3. The summed E-state index contributed by atoms with van der Waals surface area (Å²) in [7, 11) is 0. The number of unbranched alkanes of at least 4 members (excludes halogenated alkanes) is 2. The molecule has 1 aromatic heterocycles. The number of aromatic nitrogens is 1. The Kier molecular flexibility index (Phi) is 10.3. The lowest BCUT2D eigenvalue weighted by atomic mass is 9.85. The summed E-state index contributed by atoms with van der Waals surface area (Å²) < 4.78 is 44.2. The maximum Gasteiger partial charge on any atom is 0.416 e. The molecule has 1 saturated heterocycles. The van der Waals surface area contributed by atoms with E-state index < -0.39 is 11.7 Å². The molecule has 4 rings (SSSR count). The first-order valence-corrected chi connectivity index (χ1v) is 14.2. The highest BCUT2D eigenvalue weighted by atomic mass is 19.4. The molecule has 6 nitrogen and oxygen atoms in total. The number of allylic oxidation sites excluding steroid dienone is 3. The Morgan fingerprint density at radius 1 is 1.07 bits per heavy atom. The van der Waals surface area contributed by atoms with Crippen LogP contribution in [0, 0.1) is 5.92 Å².